The molecular weight excluding hydrogens is 447 g/mol. The maximum Gasteiger partial charge on any atom is 0.203 e. The number of hydrogen-bond donors (Lipinski definition) is 0. The summed E-state index contributed by atoms with van der Waals surface area (Å²) >= 11 is 12.2. The highest BCUT2D eigenvalue weighted by Gasteiger charge is 2.23. The summed E-state index contributed by atoms with van der Waals surface area (Å²) in [6.45, 7) is 6.23. The minimum atomic E-state index is -0.272. The monoisotopic (exact) mass is 474 g/mol. The molecule has 1 unspecified atom stereocenters. The van der Waals surface area contributed by atoms with E-state index in [1.165, 1.54) is 12.1 Å². The largest absolute Gasteiger partial charge is 0.368 e. The molecular formula is C23H28ClFN6S. The van der Waals surface area contributed by atoms with Crippen molar-refractivity contribution in [2.45, 2.75) is 19.6 Å². The van der Waals surface area contributed by atoms with Gasteiger partial charge >= 0.3 is 0 Å². The molecule has 2 aromatic carbocycles. The Balaban J connectivity index is 1.55. The number of halogens is 2. The number of hydrogen-bond acceptors (Lipinski definition) is 5. The van der Waals surface area contributed by atoms with Gasteiger partial charge in [-0.1, -0.05) is 23.7 Å². The molecule has 0 radical (unpaired) electrons. The molecule has 0 N–H and O–H groups in total. The van der Waals surface area contributed by atoms with Crippen molar-refractivity contribution in [3.8, 4) is 5.69 Å². The lowest BCUT2D eigenvalue weighted by atomic mass is 10.2. The zero-order valence-corrected chi connectivity index (χ0v) is 20.2. The third-order valence-corrected chi connectivity index (χ3v) is 6.71. The molecule has 32 heavy (non-hydrogen) atoms. The quantitative estimate of drug-likeness (QED) is 0.487. The normalized spacial score (nSPS) is 16.0. The second-order valence-electron chi connectivity index (χ2n) is 8.29. The summed E-state index contributed by atoms with van der Waals surface area (Å²) in [4.78, 5) is 6.74. The van der Waals surface area contributed by atoms with Gasteiger partial charge in [-0.3, -0.25) is 14.4 Å². The highest BCUT2D eigenvalue weighted by atomic mass is 35.5. The maximum absolute atomic E-state index is 13.5. The Labute approximate surface area is 198 Å². The van der Waals surface area contributed by atoms with Crippen LogP contribution in [0.15, 0.2) is 48.5 Å². The van der Waals surface area contributed by atoms with Crippen molar-refractivity contribution < 1.29 is 4.39 Å². The van der Waals surface area contributed by atoms with Crippen molar-refractivity contribution in [1.29, 1.82) is 0 Å². The Hall–Kier alpha value is -2.26. The van der Waals surface area contributed by atoms with Crippen LogP contribution in [0, 0.1) is 10.6 Å². The zero-order chi connectivity index (χ0) is 22.8. The lowest BCUT2D eigenvalue weighted by Gasteiger charge is -2.36. The first-order chi connectivity index (χ1) is 15.3. The molecule has 1 atom stereocenters. The van der Waals surface area contributed by atoms with Crippen molar-refractivity contribution in [2.24, 2.45) is 0 Å². The van der Waals surface area contributed by atoms with Crippen molar-refractivity contribution in [3.05, 3.63) is 70.0 Å². The van der Waals surface area contributed by atoms with E-state index in [0.717, 1.165) is 48.4 Å². The van der Waals surface area contributed by atoms with Crippen LogP contribution in [-0.4, -0.2) is 64.4 Å². The summed E-state index contributed by atoms with van der Waals surface area (Å²) in [7, 11) is 4.02. The predicted molar refractivity (Wildman–Crippen MR) is 130 cm³/mol. The summed E-state index contributed by atoms with van der Waals surface area (Å²) in [5.74, 6) is 0.563. The van der Waals surface area contributed by atoms with Crippen LogP contribution < -0.4 is 4.90 Å². The fourth-order valence-electron chi connectivity index (χ4n) is 3.88. The molecule has 3 aromatic rings. The predicted octanol–water partition coefficient (Wildman–Crippen LogP) is 4.60. The van der Waals surface area contributed by atoms with Crippen molar-refractivity contribution in [2.75, 3.05) is 45.2 Å². The molecule has 0 saturated carbocycles. The Kier molecular flexibility index (Phi) is 6.95. The van der Waals surface area contributed by atoms with Gasteiger partial charge in [0.2, 0.25) is 4.77 Å². The average Bonchev–Trinajstić information content (AvgIpc) is 3.10. The van der Waals surface area contributed by atoms with Gasteiger partial charge in [0, 0.05) is 31.9 Å². The summed E-state index contributed by atoms with van der Waals surface area (Å²) < 4.78 is 17.9. The van der Waals surface area contributed by atoms with Gasteiger partial charge < -0.3 is 4.90 Å². The lowest BCUT2D eigenvalue weighted by molar-refractivity contribution is 0.193. The molecule has 9 heteroatoms. The van der Waals surface area contributed by atoms with E-state index in [-0.39, 0.29) is 11.9 Å². The van der Waals surface area contributed by atoms with Crippen molar-refractivity contribution >= 4 is 29.5 Å². The zero-order valence-electron chi connectivity index (χ0n) is 18.6. The fourth-order valence-corrected chi connectivity index (χ4v) is 4.43. The number of piperazine rings is 1. The van der Waals surface area contributed by atoms with E-state index in [9.17, 15) is 4.39 Å². The van der Waals surface area contributed by atoms with Crippen LogP contribution in [-0.2, 0) is 6.67 Å². The van der Waals surface area contributed by atoms with Crippen LogP contribution >= 0.6 is 23.8 Å². The van der Waals surface area contributed by atoms with E-state index >= 15 is 0 Å². The van der Waals surface area contributed by atoms with Gasteiger partial charge in [0.1, 0.15) is 5.82 Å². The Bertz CT molecular complexity index is 1120. The first-order valence-corrected chi connectivity index (χ1v) is 11.5. The number of rotatable bonds is 6. The molecule has 1 aliphatic heterocycles. The third-order valence-electron chi connectivity index (χ3n) is 6.00. The van der Waals surface area contributed by atoms with E-state index in [2.05, 4.69) is 27.7 Å². The number of anilines is 1. The first kappa shape index (κ1) is 22.9. The van der Waals surface area contributed by atoms with E-state index in [4.69, 9.17) is 28.9 Å². The molecule has 0 amide bonds. The van der Waals surface area contributed by atoms with Gasteiger partial charge in [-0.15, -0.1) is 0 Å². The molecule has 2 heterocycles. The van der Waals surface area contributed by atoms with E-state index in [0.29, 0.717) is 11.4 Å². The standard InChI is InChI=1S/C23H28ClFN6S/c1-17(27(2)3)22-26-30(23(32)31(22)19-10-8-18(25)9-11-19)16-28-12-14-29(15-13-28)21-7-5-4-6-20(21)24/h4-11,17H,12-16H2,1-3H3. The molecule has 4 rings (SSSR count). The third kappa shape index (κ3) is 4.73. The fraction of sp³-hybridized carbons (Fsp3) is 0.391. The van der Waals surface area contributed by atoms with E-state index in [1.807, 2.05) is 41.5 Å². The second-order valence-corrected chi connectivity index (χ2v) is 9.06. The van der Waals surface area contributed by atoms with Gasteiger partial charge in [0.15, 0.2) is 5.82 Å². The summed E-state index contributed by atoms with van der Waals surface area (Å²) in [6.07, 6.45) is 0. The number of aromatic nitrogens is 3. The summed E-state index contributed by atoms with van der Waals surface area (Å²) in [5.41, 5.74) is 1.89. The molecule has 1 aromatic heterocycles. The van der Waals surface area contributed by atoms with Crippen LogP contribution in [0.25, 0.3) is 5.69 Å². The van der Waals surface area contributed by atoms with Crippen LogP contribution in [0.5, 0.6) is 0 Å². The highest BCUT2D eigenvalue weighted by Crippen LogP contribution is 2.26. The Morgan fingerprint density at radius 1 is 1.06 bits per heavy atom. The molecule has 0 bridgehead atoms. The highest BCUT2D eigenvalue weighted by molar-refractivity contribution is 7.71. The summed E-state index contributed by atoms with van der Waals surface area (Å²) in [6, 6.07) is 14.4. The van der Waals surface area contributed by atoms with Gasteiger partial charge in [0.05, 0.1) is 23.4 Å². The topological polar surface area (TPSA) is 32.5 Å². The SMILES string of the molecule is CC(c1nn(CN2CCN(c3ccccc3Cl)CC2)c(=S)n1-c1ccc(F)cc1)N(C)C. The van der Waals surface area contributed by atoms with Gasteiger partial charge in [-0.25, -0.2) is 9.07 Å². The molecule has 1 saturated heterocycles. The Morgan fingerprint density at radius 3 is 2.34 bits per heavy atom. The first-order valence-electron chi connectivity index (χ1n) is 10.7. The number of benzene rings is 2. The van der Waals surface area contributed by atoms with Crippen molar-refractivity contribution in [3.63, 3.8) is 0 Å². The van der Waals surface area contributed by atoms with Gasteiger partial charge in [0.25, 0.3) is 0 Å². The minimum Gasteiger partial charge on any atom is -0.368 e. The smallest absolute Gasteiger partial charge is 0.203 e. The van der Waals surface area contributed by atoms with E-state index < -0.39 is 0 Å². The van der Waals surface area contributed by atoms with E-state index in [1.54, 1.807) is 12.1 Å². The Morgan fingerprint density at radius 2 is 1.72 bits per heavy atom. The molecule has 170 valence electrons. The number of para-hydroxylation sites is 1. The van der Waals surface area contributed by atoms with Gasteiger partial charge in [-0.2, -0.15) is 5.10 Å². The molecule has 0 aliphatic carbocycles. The van der Waals surface area contributed by atoms with Crippen molar-refractivity contribution in [1.82, 2.24) is 24.1 Å². The molecule has 6 nitrogen and oxygen atoms in total. The molecule has 1 aliphatic rings. The molecule has 0 spiro atoms. The molecule has 1 fully saturated rings. The minimum absolute atomic E-state index is 0.0417. The van der Waals surface area contributed by atoms with Crippen LogP contribution in [0.2, 0.25) is 5.02 Å². The van der Waals surface area contributed by atoms with Crippen LogP contribution in [0.3, 0.4) is 0 Å². The second kappa shape index (κ2) is 9.70. The average molecular weight is 475 g/mol. The van der Waals surface area contributed by atoms with Crippen LogP contribution in [0.1, 0.15) is 18.8 Å². The lowest BCUT2D eigenvalue weighted by Crippen LogP contribution is -2.47. The summed E-state index contributed by atoms with van der Waals surface area (Å²) in [5, 5.41) is 5.66. The number of nitrogens with zero attached hydrogens (tertiary/aromatic N) is 6. The maximum atomic E-state index is 13.5. The van der Waals surface area contributed by atoms with Crippen LogP contribution in [0.4, 0.5) is 10.1 Å². The van der Waals surface area contributed by atoms with Gasteiger partial charge in [-0.05, 0) is 69.6 Å².